The Balaban J connectivity index is 1.91. The number of H-pyrrole nitrogens is 1. The van der Waals surface area contributed by atoms with E-state index in [1.54, 1.807) is 12.1 Å². The minimum atomic E-state index is -5.33. The molecule has 2 aromatic heterocycles. The number of carbonyl (C=O) groups is 3. The number of esters is 2. The third-order valence-electron chi connectivity index (χ3n) is 5.09. The standard InChI is InChI=1S/C19H18F3N5O4/c1-10-4-7-27(14(28)2-5-23)9-13(10)26-15-11-3-6-24-16(11)25-8-12(15)17(29)31-18(30)19(20,21)22/h3,6,8,10,13H,2,4,7,9H2,1H3,(H2,24,25,26)/t10-,13+/m1/s1. The van der Waals surface area contributed by atoms with Crippen molar-refractivity contribution in [2.45, 2.75) is 32.0 Å². The lowest BCUT2D eigenvalue weighted by molar-refractivity contribution is -0.193. The van der Waals surface area contributed by atoms with Crippen LogP contribution in [0.2, 0.25) is 0 Å². The van der Waals surface area contributed by atoms with Crippen LogP contribution in [0.15, 0.2) is 18.5 Å². The minimum absolute atomic E-state index is 0.0361. The molecule has 1 saturated heterocycles. The van der Waals surface area contributed by atoms with Gasteiger partial charge in [-0.25, -0.2) is 14.6 Å². The first-order valence-corrected chi connectivity index (χ1v) is 9.32. The van der Waals surface area contributed by atoms with Crippen LogP contribution in [0.25, 0.3) is 11.0 Å². The van der Waals surface area contributed by atoms with E-state index in [9.17, 15) is 27.6 Å². The molecule has 1 aliphatic rings. The molecule has 9 nitrogen and oxygen atoms in total. The van der Waals surface area contributed by atoms with E-state index in [-0.39, 0.29) is 42.1 Å². The molecule has 2 atom stereocenters. The van der Waals surface area contributed by atoms with Gasteiger partial charge in [-0.2, -0.15) is 18.4 Å². The lowest BCUT2D eigenvalue weighted by Crippen LogP contribution is -2.49. The minimum Gasteiger partial charge on any atom is -0.383 e. The number of anilines is 1. The molecule has 0 bridgehead atoms. The molecular weight excluding hydrogens is 419 g/mol. The van der Waals surface area contributed by atoms with E-state index in [2.05, 4.69) is 20.0 Å². The van der Waals surface area contributed by atoms with E-state index in [4.69, 9.17) is 5.26 Å². The molecule has 1 amide bonds. The highest BCUT2D eigenvalue weighted by Gasteiger charge is 2.43. The number of piperidine rings is 1. The number of halogens is 3. The number of nitrogens with zero attached hydrogens (tertiary/aromatic N) is 3. The second-order valence-electron chi connectivity index (χ2n) is 7.15. The maximum Gasteiger partial charge on any atom is 0.491 e. The van der Waals surface area contributed by atoms with Crippen LogP contribution in [0.4, 0.5) is 18.9 Å². The van der Waals surface area contributed by atoms with Gasteiger partial charge in [-0.1, -0.05) is 6.92 Å². The number of aromatic nitrogens is 2. The Bertz CT molecular complexity index is 1060. The van der Waals surface area contributed by atoms with Gasteiger partial charge in [0.1, 0.15) is 17.6 Å². The van der Waals surface area contributed by atoms with Crippen molar-refractivity contribution < 1.29 is 32.3 Å². The summed E-state index contributed by atoms with van der Waals surface area (Å²) in [5.41, 5.74) is 0.150. The molecule has 2 N–H and O–H groups in total. The maximum atomic E-state index is 12.5. The number of carbonyl (C=O) groups excluding carboxylic acids is 3. The highest BCUT2D eigenvalue weighted by Crippen LogP contribution is 2.30. The number of rotatable bonds is 4. The summed E-state index contributed by atoms with van der Waals surface area (Å²) in [6.07, 6.45) is -2.43. The molecule has 0 saturated carbocycles. The molecule has 0 unspecified atom stereocenters. The summed E-state index contributed by atoms with van der Waals surface area (Å²) in [4.78, 5) is 43.9. The average Bonchev–Trinajstić information content (AvgIpc) is 3.18. The van der Waals surface area contributed by atoms with Gasteiger partial charge in [0.05, 0.1) is 11.8 Å². The van der Waals surface area contributed by atoms with E-state index in [0.29, 0.717) is 24.0 Å². The summed E-state index contributed by atoms with van der Waals surface area (Å²) in [7, 11) is 0. The van der Waals surface area contributed by atoms with Crippen LogP contribution in [-0.2, 0) is 14.3 Å². The smallest absolute Gasteiger partial charge is 0.383 e. The van der Waals surface area contributed by atoms with Crippen LogP contribution in [-0.4, -0.2) is 58.0 Å². The topological polar surface area (TPSA) is 128 Å². The summed E-state index contributed by atoms with van der Waals surface area (Å²) in [6, 6.07) is 3.00. The van der Waals surface area contributed by atoms with Crippen LogP contribution in [0.1, 0.15) is 30.1 Å². The average molecular weight is 437 g/mol. The summed E-state index contributed by atoms with van der Waals surface area (Å²) in [5, 5.41) is 12.3. The number of fused-ring (bicyclic) bond motifs is 1. The van der Waals surface area contributed by atoms with Crippen molar-refractivity contribution in [1.82, 2.24) is 14.9 Å². The van der Waals surface area contributed by atoms with Gasteiger partial charge in [0.25, 0.3) is 0 Å². The second kappa shape index (κ2) is 8.63. The van der Waals surface area contributed by atoms with Crippen molar-refractivity contribution in [3.63, 3.8) is 0 Å². The highest BCUT2D eigenvalue weighted by molar-refractivity contribution is 6.07. The number of pyridine rings is 1. The Morgan fingerprint density at radius 1 is 1.42 bits per heavy atom. The monoisotopic (exact) mass is 437 g/mol. The SMILES string of the molecule is C[C@@H]1CCN(C(=O)CC#N)C[C@@H]1Nc1c(C(=O)OC(=O)C(F)(F)F)cnc2[nH]ccc12. The van der Waals surface area contributed by atoms with Crippen LogP contribution in [0, 0.1) is 17.2 Å². The number of hydrogen-bond donors (Lipinski definition) is 2. The maximum absolute atomic E-state index is 12.5. The van der Waals surface area contributed by atoms with Crippen LogP contribution < -0.4 is 5.32 Å². The number of likely N-dealkylation sites (tertiary alicyclic amines) is 1. The number of ether oxygens (including phenoxy) is 1. The van der Waals surface area contributed by atoms with Gasteiger partial charge >= 0.3 is 18.1 Å². The molecular formula is C19H18F3N5O4. The first-order chi connectivity index (χ1) is 14.6. The molecule has 1 aliphatic heterocycles. The number of hydrogen-bond acceptors (Lipinski definition) is 7. The van der Waals surface area contributed by atoms with E-state index in [0.717, 1.165) is 6.20 Å². The summed E-state index contributed by atoms with van der Waals surface area (Å²) >= 11 is 0. The Morgan fingerprint density at radius 3 is 2.84 bits per heavy atom. The Hall–Kier alpha value is -3.62. The zero-order valence-electron chi connectivity index (χ0n) is 16.3. The first kappa shape index (κ1) is 22.1. The van der Waals surface area contributed by atoms with Gasteiger partial charge in [0, 0.05) is 36.9 Å². The van der Waals surface area contributed by atoms with Gasteiger partial charge in [0.2, 0.25) is 5.91 Å². The fraction of sp³-hybridized carbons (Fsp3) is 0.421. The van der Waals surface area contributed by atoms with E-state index in [1.807, 2.05) is 6.92 Å². The lowest BCUT2D eigenvalue weighted by atomic mass is 9.92. The molecule has 0 aliphatic carbocycles. The number of alkyl halides is 3. The van der Waals surface area contributed by atoms with Gasteiger partial charge in [-0.15, -0.1) is 0 Å². The molecule has 2 aromatic rings. The highest BCUT2D eigenvalue weighted by atomic mass is 19.4. The van der Waals surface area contributed by atoms with Crippen LogP contribution in [0.3, 0.4) is 0 Å². The van der Waals surface area contributed by atoms with E-state index < -0.39 is 18.1 Å². The van der Waals surface area contributed by atoms with Gasteiger partial charge in [-0.3, -0.25) is 4.79 Å². The fourth-order valence-corrected chi connectivity index (χ4v) is 3.36. The predicted molar refractivity (Wildman–Crippen MR) is 101 cm³/mol. The third-order valence-corrected chi connectivity index (χ3v) is 5.09. The predicted octanol–water partition coefficient (Wildman–Crippen LogP) is 2.37. The van der Waals surface area contributed by atoms with Crippen molar-refractivity contribution in [3.8, 4) is 6.07 Å². The fourth-order valence-electron chi connectivity index (χ4n) is 3.36. The lowest BCUT2D eigenvalue weighted by Gasteiger charge is -2.38. The van der Waals surface area contributed by atoms with Crippen molar-refractivity contribution in [1.29, 1.82) is 5.26 Å². The Kier molecular flexibility index (Phi) is 6.14. The Morgan fingerprint density at radius 2 is 2.16 bits per heavy atom. The summed E-state index contributed by atoms with van der Waals surface area (Å²) in [5.74, 6) is -4.43. The molecule has 0 aromatic carbocycles. The van der Waals surface area contributed by atoms with Crippen molar-refractivity contribution in [3.05, 3.63) is 24.0 Å². The zero-order chi connectivity index (χ0) is 22.8. The largest absolute Gasteiger partial charge is 0.491 e. The van der Waals surface area contributed by atoms with E-state index >= 15 is 0 Å². The van der Waals surface area contributed by atoms with Crippen LogP contribution >= 0.6 is 0 Å². The van der Waals surface area contributed by atoms with Crippen molar-refractivity contribution in [2.24, 2.45) is 5.92 Å². The third kappa shape index (κ3) is 4.76. The summed E-state index contributed by atoms with van der Waals surface area (Å²) < 4.78 is 41.5. The van der Waals surface area contributed by atoms with Crippen LogP contribution in [0.5, 0.6) is 0 Å². The Labute approximate surface area is 174 Å². The van der Waals surface area contributed by atoms with Gasteiger partial charge < -0.3 is 19.9 Å². The number of nitriles is 1. The normalized spacial score (nSPS) is 19.0. The number of nitrogens with one attached hydrogen (secondary N) is 2. The second-order valence-corrected chi connectivity index (χ2v) is 7.15. The van der Waals surface area contributed by atoms with Gasteiger partial charge in [-0.05, 0) is 18.4 Å². The van der Waals surface area contributed by atoms with Crippen molar-refractivity contribution in [2.75, 3.05) is 18.4 Å². The zero-order valence-corrected chi connectivity index (χ0v) is 16.3. The molecule has 3 heterocycles. The number of aromatic amines is 1. The first-order valence-electron chi connectivity index (χ1n) is 9.32. The van der Waals surface area contributed by atoms with Gasteiger partial charge in [0.15, 0.2) is 0 Å². The van der Waals surface area contributed by atoms with E-state index in [1.165, 1.54) is 11.1 Å². The number of amides is 1. The molecule has 0 radical (unpaired) electrons. The summed E-state index contributed by atoms with van der Waals surface area (Å²) in [6.45, 7) is 2.61. The molecule has 164 valence electrons. The molecule has 3 rings (SSSR count). The quantitative estimate of drug-likeness (QED) is 0.555. The molecule has 0 spiro atoms. The molecule has 31 heavy (non-hydrogen) atoms. The van der Waals surface area contributed by atoms with Crippen molar-refractivity contribution >= 4 is 34.6 Å². The molecule has 12 heteroatoms. The molecule has 1 fully saturated rings.